The van der Waals surface area contributed by atoms with Crippen molar-refractivity contribution in [2.45, 2.75) is 13.5 Å². The molecule has 0 radical (unpaired) electrons. The number of rotatable bonds is 6. The van der Waals surface area contributed by atoms with Crippen molar-refractivity contribution >= 4 is 28.9 Å². The third-order valence-corrected chi connectivity index (χ3v) is 4.13. The van der Waals surface area contributed by atoms with Gasteiger partial charge >= 0.3 is 0 Å². The van der Waals surface area contributed by atoms with Crippen LogP contribution in [0.25, 0.3) is 0 Å². The lowest BCUT2D eigenvalue weighted by Crippen LogP contribution is -3.08. The molecule has 2 rings (SSSR count). The van der Waals surface area contributed by atoms with Gasteiger partial charge in [0.1, 0.15) is 6.54 Å². The Bertz CT molecular complexity index is 698. The van der Waals surface area contributed by atoms with Gasteiger partial charge in [-0.1, -0.05) is 29.8 Å². The van der Waals surface area contributed by atoms with Crippen LogP contribution in [-0.2, 0) is 11.3 Å². The summed E-state index contributed by atoms with van der Waals surface area (Å²) in [7, 11) is 6.06. The van der Waals surface area contributed by atoms with E-state index in [1.54, 1.807) is 6.07 Å². The molecule has 0 bridgehead atoms. The predicted molar refractivity (Wildman–Crippen MR) is 101 cm³/mol. The van der Waals surface area contributed by atoms with Gasteiger partial charge in [0, 0.05) is 36.1 Å². The summed E-state index contributed by atoms with van der Waals surface area (Å²) in [4.78, 5) is 15.4. The summed E-state index contributed by atoms with van der Waals surface area (Å²) in [5.41, 5.74) is 4.16. The number of amides is 1. The van der Waals surface area contributed by atoms with E-state index in [9.17, 15) is 4.79 Å². The summed E-state index contributed by atoms with van der Waals surface area (Å²) < 4.78 is 0. The van der Waals surface area contributed by atoms with Crippen molar-refractivity contribution in [2.24, 2.45) is 0 Å². The number of halogens is 1. The lowest BCUT2D eigenvalue weighted by molar-refractivity contribution is -0.885. The number of carbonyl (C=O) groups excluding carboxylic acids is 1. The van der Waals surface area contributed by atoms with E-state index in [-0.39, 0.29) is 5.91 Å². The molecular weight excluding hydrogens is 322 g/mol. The Balaban J connectivity index is 1.90. The van der Waals surface area contributed by atoms with Gasteiger partial charge in [0.15, 0.2) is 6.54 Å². The van der Waals surface area contributed by atoms with Crippen LogP contribution in [0.15, 0.2) is 42.5 Å². The highest BCUT2D eigenvalue weighted by atomic mass is 35.5. The van der Waals surface area contributed by atoms with Crippen LogP contribution in [0, 0.1) is 6.92 Å². The molecule has 0 spiro atoms. The first kappa shape index (κ1) is 18.3. The van der Waals surface area contributed by atoms with Gasteiger partial charge in [0.25, 0.3) is 5.91 Å². The van der Waals surface area contributed by atoms with Crippen molar-refractivity contribution in [1.29, 1.82) is 0 Å². The van der Waals surface area contributed by atoms with Crippen LogP contribution >= 0.6 is 11.6 Å². The van der Waals surface area contributed by atoms with Crippen molar-refractivity contribution in [3.8, 4) is 0 Å². The molecule has 0 aliphatic rings. The fourth-order valence-electron chi connectivity index (χ4n) is 2.52. The second-order valence-corrected chi connectivity index (χ2v) is 6.82. The lowest BCUT2D eigenvalue weighted by atomic mass is 10.2. The SMILES string of the molecule is Cc1ccc(Cl)cc1NC(=O)C[NH+](C)Cc1ccc(N(C)C)cc1. The van der Waals surface area contributed by atoms with E-state index in [0.717, 1.165) is 22.7 Å². The van der Waals surface area contributed by atoms with Crippen LogP contribution in [-0.4, -0.2) is 33.6 Å². The molecule has 0 aromatic heterocycles. The van der Waals surface area contributed by atoms with Crippen LogP contribution < -0.4 is 15.1 Å². The highest BCUT2D eigenvalue weighted by Gasteiger charge is 2.12. The average Bonchev–Trinajstić information content (AvgIpc) is 2.51. The minimum atomic E-state index is -0.0113. The smallest absolute Gasteiger partial charge is 0.279 e. The van der Waals surface area contributed by atoms with E-state index in [1.165, 1.54) is 11.3 Å². The Kier molecular flexibility index (Phi) is 6.23. The largest absolute Gasteiger partial charge is 0.378 e. The lowest BCUT2D eigenvalue weighted by Gasteiger charge is -2.16. The molecule has 0 saturated carbocycles. The summed E-state index contributed by atoms with van der Waals surface area (Å²) in [5.74, 6) is -0.0113. The number of anilines is 2. The Hall–Kier alpha value is -2.04. The number of hydrogen-bond acceptors (Lipinski definition) is 2. The molecule has 2 aromatic rings. The highest BCUT2D eigenvalue weighted by molar-refractivity contribution is 6.31. The molecular formula is C19H25ClN3O+. The van der Waals surface area contributed by atoms with Crippen LogP contribution in [0.4, 0.5) is 11.4 Å². The van der Waals surface area contributed by atoms with E-state index >= 15 is 0 Å². The van der Waals surface area contributed by atoms with Gasteiger partial charge < -0.3 is 15.1 Å². The summed E-state index contributed by atoms with van der Waals surface area (Å²) in [6, 6.07) is 13.9. The van der Waals surface area contributed by atoms with Gasteiger partial charge in [-0.05, 0) is 36.8 Å². The third-order valence-electron chi connectivity index (χ3n) is 3.89. The molecule has 0 heterocycles. The van der Waals surface area contributed by atoms with Gasteiger partial charge in [0.05, 0.1) is 7.05 Å². The average molecular weight is 347 g/mol. The molecule has 1 atom stereocenters. The number of quaternary nitrogens is 1. The number of likely N-dealkylation sites (N-methyl/N-ethyl adjacent to an activating group) is 1. The van der Waals surface area contributed by atoms with Gasteiger partial charge in [-0.2, -0.15) is 0 Å². The van der Waals surface area contributed by atoms with Crippen LogP contribution in [0.2, 0.25) is 5.02 Å². The summed E-state index contributed by atoms with van der Waals surface area (Å²) >= 11 is 5.99. The van der Waals surface area contributed by atoms with E-state index in [2.05, 4.69) is 34.5 Å². The van der Waals surface area contributed by atoms with Gasteiger partial charge in [-0.15, -0.1) is 0 Å². The molecule has 5 heteroatoms. The molecule has 1 unspecified atom stereocenters. The normalized spacial score (nSPS) is 11.9. The first-order chi connectivity index (χ1) is 11.3. The first-order valence-electron chi connectivity index (χ1n) is 7.98. The first-order valence-corrected chi connectivity index (χ1v) is 8.36. The molecule has 2 aromatic carbocycles. The molecule has 0 aliphatic carbocycles. The van der Waals surface area contributed by atoms with E-state index < -0.39 is 0 Å². The maximum absolute atomic E-state index is 12.2. The van der Waals surface area contributed by atoms with E-state index in [1.807, 2.05) is 40.2 Å². The van der Waals surface area contributed by atoms with Crippen LogP contribution in [0.5, 0.6) is 0 Å². The molecule has 0 fully saturated rings. The standard InChI is InChI=1S/C19H24ClN3O/c1-14-5-8-16(20)11-18(14)21-19(24)13-23(4)12-15-6-9-17(10-7-15)22(2)3/h5-11H,12-13H2,1-4H3,(H,21,24)/p+1. The van der Waals surface area contributed by atoms with Crippen LogP contribution in [0.3, 0.4) is 0 Å². The van der Waals surface area contributed by atoms with Gasteiger partial charge in [0.2, 0.25) is 0 Å². The Morgan fingerprint density at radius 1 is 1.17 bits per heavy atom. The number of carbonyl (C=O) groups is 1. The van der Waals surface area contributed by atoms with Gasteiger partial charge in [-0.25, -0.2) is 0 Å². The zero-order valence-corrected chi connectivity index (χ0v) is 15.4. The van der Waals surface area contributed by atoms with Crippen molar-refractivity contribution < 1.29 is 9.69 Å². The summed E-state index contributed by atoms with van der Waals surface area (Å²) in [5, 5.41) is 3.56. The zero-order valence-electron chi connectivity index (χ0n) is 14.7. The molecule has 2 N–H and O–H groups in total. The summed E-state index contributed by atoms with van der Waals surface area (Å²) in [6.07, 6.45) is 0. The number of benzene rings is 2. The van der Waals surface area contributed by atoms with E-state index in [4.69, 9.17) is 11.6 Å². The Morgan fingerprint density at radius 3 is 2.46 bits per heavy atom. The summed E-state index contributed by atoms with van der Waals surface area (Å²) in [6.45, 7) is 3.16. The second kappa shape index (κ2) is 8.18. The fourth-order valence-corrected chi connectivity index (χ4v) is 2.69. The van der Waals surface area contributed by atoms with Crippen LogP contribution in [0.1, 0.15) is 11.1 Å². The quantitative estimate of drug-likeness (QED) is 0.842. The maximum Gasteiger partial charge on any atom is 0.279 e. The molecule has 0 saturated heterocycles. The Labute approximate surface area is 149 Å². The number of nitrogens with zero attached hydrogens (tertiary/aromatic N) is 1. The van der Waals surface area contributed by atoms with Crippen molar-refractivity contribution in [3.05, 3.63) is 58.6 Å². The highest BCUT2D eigenvalue weighted by Crippen LogP contribution is 2.19. The number of nitrogens with one attached hydrogen (secondary N) is 2. The Morgan fingerprint density at radius 2 is 1.83 bits per heavy atom. The van der Waals surface area contributed by atoms with Crippen molar-refractivity contribution in [2.75, 3.05) is 37.9 Å². The molecule has 1 amide bonds. The van der Waals surface area contributed by atoms with Crippen molar-refractivity contribution in [1.82, 2.24) is 0 Å². The zero-order chi connectivity index (χ0) is 17.7. The number of hydrogen-bond donors (Lipinski definition) is 2. The maximum atomic E-state index is 12.2. The second-order valence-electron chi connectivity index (χ2n) is 6.38. The van der Waals surface area contributed by atoms with E-state index in [0.29, 0.717) is 11.6 Å². The topological polar surface area (TPSA) is 36.8 Å². The minimum absolute atomic E-state index is 0.0113. The molecule has 24 heavy (non-hydrogen) atoms. The molecule has 0 aliphatic heterocycles. The molecule has 128 valence electrons. The molecule has 4 nitrogen and oxygen atoms in total. The third kappa shape index (κ3) is 5.25. The minimum Gasteiger partial charge on any atom is -0.378 e. The van der Waals surface area contributed by atoms with Crippen molar-refractivity contribution in [3.63, 3.8) is 0 Å². The van der Waals surface area contributed by atoms with Gasteiger partial charge in [-0.3, -0.25) is 4.79 Å². The number of aryl methyl sites for hydroxylation is 1. The predicted octanol–water partition coefficient (Wildman–Crippen LogP) is 2.37. The fraction of sp³-hybridized carbons (Fsp3) is 0.316. The monoisotopic (exact) mass is 346 g/mol.